The second-order valence-electron chi connectivity index (χ2n) is 4.65. The van der Waals surface area contributed by atoms with Crippen LogP contribution in [-0.2, 0) is 6.54 Å². The molecule has 0 saturated heterocycles. The summed E-state index contributed by atoms with van der Waals surface area (Å²) in [6.07, 6.45) is 3.61. The molecule has 0 aliphatic carbocycles. The Morgan fingerprint density at radius 3 is 2.91 bits per heavy atom. The van der Waals surface area contributed by atoms with Crippen molar-refractivity contribution in [2.75, 3.05) is 25.1 Å². The van der Waals surface area contributed by atoms with Gasteiger partial charge in [0.1, 0.15) is 6.33 Å². The van der Waals surface area contributed by atoms with E-state index in [1.165, 1.54) is 6.33 Å². The highest BCUT2D eigenvalue weighted by molar-refractivity contribution is 14.0. The van der Waals surface area contributed by atoms with E-state index in [9.17, 15) is 0 Å². The molecule has 0 fully saturated rings. The Morgan fingerprint density at radius 2 is 2.22 bits per heavy atom. The number of hydrogen-bond acceptors (Lipinski definition) is 4. The number of benzene rings is 1. The Morgan fingerprint density at radius 1 is 1.35 bits per heavy atom. The van der Waals surface area contributed by atoms with Crippen LogP contribution in [0.25, 0.3) is 11.4 Å². The third kappa shape index (κ3) is 6.78. The van der Waals surface area contributed by atoms with Crippen molar-refractivity contribution in [3.8, 4) is 11.4 Å². The molecule has 1 heterocycles. The summed E-state index contributed by atoms with van der Waals surface area (Å²) in [6.45, 7) is 4.45. The summed E-state index contributed by atoms with van der Waals surface area (Å²) in [5.74, 6) is 2.68. The summed E-state index contributed by atoms with van der Waals surface area (Å²) >= 11 is 1.81. The summed E-state index contributed by atoms with van der Waals surface area (Å²) < 4.78 is 0. The fraction of sp³-hybridized carbons (Fsp3) is 0.400. The average molecular weight is 446 g/mol. The summed E-state index contributed by atoms with van der Waals surface area (Å²) in [6, 6.07) is 8.16. The lowest BCUT2D eigenvalue weighted by Gasteiger charge is -2.10. The van der Waals surface area contributed by atoms with E-state index < -0.39 is 0 Å². The molecular formula is C15H23IN6S. The molecule has 0 aliphatic heterocycles. The molecule has 0 atom stereocenters. The molecule has 8 heteroatoms. The van der Waals surface area contributed by atoms with Gasteiger partial charge in [0.05, 0.1) is 6.54 Å². The normalized spacial score (nSPS) is 11.0. The Labute approximate surface area is 158 Å². The van der Waals surface area contributed by atoms with Crippen LogP contribution in [0.3, 0.4) is 0 Å². The van der Waals surface area contributed by atoms with Crippen molar-refractivity contribution >= 4 is 41.7 Å². The maximum absolute atomic E-state index is 4.62. The van der Waals surface area contributed by atoms with Gasteiger partial charge in [-0.3, -0.25) is 5.10 Å². The lowest BCUT2D eigenvalue weighted by atomic mass is 10.1. The molecule has 0 bridgehead atoms. The molecule has 126 valence electrons. The summed E-state index contributed by atoms with van der Waals surface area (Å²) in [5.41, 5.74) is 2.15. The monoisotopic (exact) mass is 446 g/mol. The third-order valence-electron chi connectivity index (χ3n) is 2.98. The van der Waals surface area contributed by atoms with E-state index in [0.717, 1.165) is 41.8 Å². The molecule has 0 unspecified atom stereocenters. The molecular weight excluding hydrogens is 423 g/mol. The molecule has 0 aliphatic rings. The zero-order valence-corrected chi connectivity index (χ0v) is 16.5. The highest BCUT2D eigenvalue weighted by atomic mass is 127. The number of thioether (sulfide) groups is 1. The van der Waals surface area contributed by atoms with Crippen molar-refractivity contribution in [1.29, 1.82) is 0 Å². The van der Waals surface area contributed by atoms with Crippen LogP contribution in [0.5, 0.6) is 0 Å². The minimum Gasteiger partial charge on any atom is -0.357 e. The number of aromatic amines is 1. The average Bonchev–Trinajstić information content (AvgIpc) is 3.07. The number of nitrogens with one attached hydrogen (secondary N) is 3. The standard InChI is InChI=1S/C15H22N6S.HI/c1-3-16-15(17-7-8-22-2)18-10-12-5-4-6-13(9-12)14-19-11-20-21-14;/h4-6,9,11H,3,7-8,10H2,1-2H3,(H2,16,17,18)(H,19,20,21);1H. The minimum atomic E-state index is 0. The Balaban J connectivity index is 0.00000264. The van der Waals surface area contributed by atoms with Crippen molar-refractivity contribution in [3.63, 3.8) is 0 Å². The fourth-order valence-corrected chi connectivity index (χ4v) is 2.25. The van der Waals surface area contributed by atoms with Gasteiger partial charge in [0.15, 0.2) is 11.8 Å². The number of halogens is 1. The van der Waals surface area contributed by atoms with E-state index >= 15 is 0 Å². The van der Waals surface area contributed by atoms with E-state index in [0.29, 0.717) is 6.54 Å². The van der Waals surface area contributed by atoms with Crippen LogP contribution in [0.15, 0.2) is 35.6 Å². The maximum Gasteiger partial charge on any atom is 0.191 e. The highest BCUT2D eigenvalue weighted by Gasteiger charge is 2.02. The van der Waals surface area contributed by atoms with Gasteiger partial charge in [0.25, 0.3) is 0 Å². The van der Waals surface area contributed by atoms with Crippen LogP contribution in [0.4, 0.5) is 0 Å². The van der Waals surface area contributed by atoms with Crippen molar-refractivity contribution in [2.45, 2.75) is 13.5 Å². The number of nitrogens with zero attached hydrogens (tertiary/aromatic N) is 3. The van der Waals surface area contributed by atoms with Gasteiger partial charge in [-0.2, -0.15) is 16.9 Å². The molecule has 1 aromatic heterocycles. The summed E-state index contributed by atoms with van der Waals surface area (Å²) in [4.78, 5) is 8.79. The molecule has 6 nitrogen and oxygen atoms in total. The van der Waals surface area contributed by atoms with Crippen LogP contribution in [0.1, 0.15) is 12.5 Å². The number of guanidine groups is 1. The summed E-state index contributed by atoms with van der Waals surface area (Å²) in [7, 11) is 0. The zero-order chi connectivity index (χ0) is 15.6. The molecule has 0 radical (unpaired) electrons. The SMILES string of the molecule is CCNC(=NCc1cccc(-c2ncn[nH]2)c1)NCCSC.I. The fourth-order valence-electron chi connectivity index (χ4n) is 1.95. The maximum atomic E-state index is 4.62. The topological polar surface area (TPSA) is 78.0 Å². The minimum absolute atomic E-state index is 0. The molecule has 0 saturated carbocycles. The van der Waals surface area contributed by atoms with Gasteiger partial charge in [-0.05, 0) is 24.8 Å². The lowest BCUT2D eigenvalue weighted by molar-refractivity contribution is 0.843. The first-order valence-corrected chi connectivity index (χ1v) is 8.68. The van der Waals surface area contributed by atoms with Crippen molar-refractivity contribution in [2.24, 2.45) is 4.99 Å². The Bertz CT molecular complexity index is 587. The van der Waals surface area contributed by atoms with E-state index in [1.807, 2.05) is 23.9 Å². The van der Waals surface area contributed by atoms with Crippen LogP contribution in [0.2, 0.25) is 0 Å². The molecule has 3 N–H and O–H groups in total. The molecule has 0 amide bonds. The first-order chi connectivity index (χ1) is 10.8. The van der Waals surface area contributed by atoms with E-state index in [4.69, 9.17) is 0 Å². The van der Waals surface area contributed by atoms with Gasteiger partial charge in [-0.1, -0.05) is 18.2 Å². The van der Waals surface area contributed by atoms with Gasteiger partial charge >= 0.3 is 0 Å². The predicted molar refractivity (Wildman–Crippen MR) is 108 cm³/mol. The number of aromatic nitrogens is 3. The molecule has 2 rings (SSSR count). The predicted octanol–water partition coefficient (Wildman–Crippen LogP) is 2.51. The number of H-pyrrole nitrogens is 1. The van der Waals surface area contributed by atoms with Gasteiger partial charge in [0, 0.05) is 24.4 Å². The van der Waals surface area contributed by atoms with Gasteiger partial charge in [-0.25, -0.2) is 9.98 Å². The third-order valence-corrected chi connectivity index (χ3v) is 3.59. The van der Waals surface area contributed by atoms with Crippen molar-refractivity contribution in [1.82, 2.24) is 25.8 Å². The largest absolute Gasteiger partial charge is 0.357 e. The summed E-state index contributed by atoms with van der Waals surface area (Å²) in [5, 5.41) is 13.3. The number of hydrogen-bond donors (Lipinski definition) is 3. The van der Waals surface area contributed by atoms with Gasteiger partial charge in [-0.15, -0.1) is 24.0 Å². The smallest absolute Gasteiger partial charge is 0.191 e. The van der Waals surface area contributed by atoms with Crippen LogP contribution in [-0.4, -0.2) is 46.2 Å². The molecule has 1 aromatic carbocycles. The van der Waals surface area contributed by atoms with Crippen molar-refractivity contribution in [3.05, 3.63) is 36.2 Å². The van der Waals surface area contributed by atoms with Gasteiger partial charge in [0.2, 0.25) is 0 Å². The highest BCUT2D eigenvalue weighted by Crippen LogP contribution is 2.15. The van der Waals surface area contributed by atoms with Crippen LogP contribution < -0.4 is 10.6 Å². The Kier molecular flexibility index (Phi) is 9.69. The quantitative estimate of drug-likeness (QED) is 0.264. The lowest BCUT2D eigenvalue weighted by Crippen LogP contribution is -2.38. The molecule has 2 aromatic rings. The van der Waals surface area contributed by atoms with E-state index in [-0.39, 0.29) is 24.0 Å². The van der Waals surface area contributed by atoms with Crippen molar-refractivity contribution < 1.29 is 0 Å². The number of aliphatic imine (C=N–C) groups is 1. The van der Waals surface area contributed by atoms with E-state index in [1.54, 1.807) is 0 Å². The number of rotatable bonds is 7. The Hall–Kier alpha value is -1.29. The second-order valence-corrected chi connectivity index (χ2v) is 5.63. The first-order valence-electron chi connectivity index (χ1n) is 7.29. The van der Waals surface area contributed by atoms with Gasteiger partial charge < -0.3 is 10.6 Å². The molecule has 0 spiro atoms. The molecule has 23 heavy (non-hydrogen) atoms. The van der Waals surface area contributed by atoms with E-state index in [2.05, 4.69) is 56.1 Å². The zero-order valence-electron chi connectivity index (χ0n) is 13.4. The van der Waals surface area contributed by atoms with Crippen LogP contribution in [0, 0.1) is 0 Å². The van der Waals surface area contributed by atoms with Crippen LogP contribution >= 0.6 is 35.7 Å². The first kappa shape index (κ1) is 19.8. The second kappa shape index (κ2) is 11.3.